The molecular formula is C48H72N12O4+4. The predicted octanol–water partition coefficient (Wildman–Crippen LogP) is -3.07. The van der Waals surface area contributed by atoms with Crippen LogP contribution in [-0.4, -0.2) is 50.3 Å². The number of rotatable bonds is 20. The number of nitrogens with one attached hydrogen (secondary N) is 4. The van der Waals surface area contributed by atoms with Crippen LogP contribution in [0.5, 0.6) is 23.0 Å². The third-order valence-electron chi connectivity index (χ3n) is 10.5. The fourth-order valence-electron chi connectivity index (χ4n) is 7.96. The van der Waals surface area contributed by atoms with E-state index in [0.29, 0.717) is 78.3 Å². The number of ether oxygens (including phenoxy) is 4. The Bertz CT molecular complexity index is 1920. The second-order valence-electron chi connectivity index (χ2n) is 16.3. The standard InChI is InChI=1S/C48H68N12O4/c1-5-9-61-41-33-13-29(25-57-45(49)50)14-34(41)22-36-16-31(27-59-47(53)54)18-38(43(36)63-11-7-3)24-40-20-32(28-60-48(55)56)19-39(44(40)64-12-8-4)23-37-17-30(26-58-46(51)52)15-35(21-33)42(37)62-10-6-2/h13-20H,5-12,21-28H2,1-4H3,(H4,49,50,57)(H4,51,52,58)(H4,53,54,59)(H4,55,56,60)/p+4. The molecule has 344 valence electrons. The van der Waals surface area contributed by atoms with Crippen LogP contribution >= 0.6 is 0 Å². The Labute approximate surface area is 377 Å². The highest BCUT2D eigenvalue weighted by Crippen LogP contribution is 2.41. The summed E-state index contributed by atoms with van der Waals surface area (Å²) in [5, 5.41) is 0. The first-order valence-corrected chi connectivity index (χ1v) is 22.4. The van der Waals surface area contributed by atoms with Crippen LogP contribution in [0.3, 0.4) is 0 Å². The number of fused-ring (bicyclic) bond motifs is 8. The molecule has 0 atom stereocenters. The minimum absolute atomic E-state index is 0.130. The highest BCUT2D eigenvalue weighted by Gasteiger charge is 2.25. The summed E-state index contributed by atoms with van der Waals surface area (Å²) in [6.45, 7) is 12.1. The van der Waals surface area contributed by atoms with Crippen molar-refractivity contribution < 1.29 is 38.9 Å². The molecule has 4 aromatic rings. The Kier molecular flexibility index (Phi) is 17.7. The minimum atomic E-state index is 0.130. The summed E-state index contributed by atoms with van der Waals surface area (Å²) in [5.74, 6) is 3.72. The zero-order chi connectivity index (χ0) is 46.2. The van der Waals surface area contributed by atoms with Crippen molar-refractivity contribution in [2.75, 3.05) is 26.4 Å². The van der Waals surface area contributed by atoms with E-state index in [1.807, 2.05) is 0 Å². The number of benzene rings is 4. The van der Waals surface area contributed by atoms with E-state index in [9.17, 15) is 0 Å². The van der Waals surface area contributed by atoms with Crippen molar-refractivity contribution in [2.24, 2.45) is 45.9 Å². The lowest BCUT2D eigenvalue weighted by atomic mass is 9.88. The van der Waals surface area contributed by atoms with Gasteiger partial charge in [-0.25, -0.2) is 0 Å². The lowest BCUT2D eigenvalue weighted by Gasteiger charge is -2.24. The van der Waals surface area contributed by atoms with Crippen molar-refractivity contribution in [3.05, 3.63) is 115 Å². The fraction of sp³-hybridized carbons (Fsp3) is 0.417. The Morgan fingerprint density at radius 2 is 0.516 bits per heavy atom. The van der Waals surface area contributed by atoms with Gasteiger partial charge in [0.05, 0.1) is 52.6 Å². The Morgan fingerprint density at radius 3 is 0.656 bits per heavy atom. The smallest absolute Gasteiger partial charge is 0.339 e. The second-order valence-corrected chi connectivity index (χ2v) is 16.3. The molecule has 4 aromatic carbocycles. The van der Waals surface area contributed by atoms with Crippen molar-refractivity contribution in [1.82, 2.24) is 0 Å². The number of hydrogen-bond donors (Lipinski definition) is 12. The van der Waals surface area contributed by atoms with Crippen molar-refractivity contribution in [3.63, 3.8) is 0 Å². The summed E-state index contributed by atoms with van der Waals surface area (Å²) in [4.78, 5) is 12.5. The highest BCUT2D eigenvalue weighted by atomic mass is 16.5. The molecule has 0 radical (unpaired) electrons. The van der Waals surface area contributed by atoms with Crippen LogP contribution in [0, 0.1) is 0 Å². The van der Waals surface area contributed by atoms with Crippen LogP contribution < -0.4 is 84.8 Å². The minimum Gasteiger partial charge on any atom is -0.493 e. The van der Waals surface area contributed by atoms with Gasteiger partial charge in [-0.3, -0.25) is 65.8 Å². The fourth-order valence-corrected chi connectivity index (χ4v) is 7.96. The van der Waals surface area contributed by atoms with Gasteiger partial charge in [-0.1, -0.05) is 27.7 Å². The van der Waals surface area contributed by atoms with Crippen LogP contribution in [0.25, 0.3) is 0 Å². The van der Waals surface area contributed by atoms with Crippen molar-refractivity contribution in [2.45, 2.75) is 105 Å². The molecule has 0 fully saturated rings. The molecule has 1 aliphatic rings. The van der Waals surface area contributed by atoms with E-state index in [1.165, 1.54) is 0 Å². The van der Waals surface area contributed by atoms with Gasteiger partial charge in [0.2, 0.25) is 0 Å². The molecule has 0 saturated carbocycles. The monoisotopic (exact) mass is 881 g/mol. The van der Waals surface area contributed by atoms with Crippen molar-refractivity contribution in [3.8, 4) is 23.0 Å². The van der Waals surface area contributed by atoms with Crippen LogP contribution in [0.1, 0.15) is 120 Å². The molecular weight excluding hydrogens is 809 g/mol. The lowest BCUT2D eigenvalue weighted by Crippen LogP contribution is -2.76. The van der Waals surface area contributed by atoms with E-state index in [-0.39, 0.29) is 23.8 Å². The maximum Gasteiger partial charge on any atom is 0.339 e. The first-order valence-electron chi connectivity index (χ1n) is 22.4. The van der Waals surface area contributed by atoms with E-state index >= 15 is 0 Å². The summed E-state index contributed by atoms with van der Waals surface area (Å²) >= 11 is 0. The zero-order valence-corrected chi connectivity index (χ0v) is 38.2. The van der Waals surface area contributed by atoms with E-state index < -0.39 is 0 Å². The Hall–Kier alpha value is -6.84. The molecule has 1 aliphatic carbocycles. The van der Waals surface area contributed by atoms with Crippen molar-refractivity contribution >= 4 is 23.8 Å². The topological polar surface area (TPSA) is 301 Å². The summed E-state index contributed by atoms with van der Waals surface area (Å²) in [6.07, 6.45) is 5.16. The van der Waals surface area contributed by atoms with Crippen molar-refractivity contribution in [1.29, 1.82) is 0 Å². The van der Waals surface area contributed by atoms with Crippen LogP contribution in [-0.2, 0) is 51.9 Å². The Morgan fingerprint density at radius 1 is 0.344 bits per heavy atom. The highest BCUT2D eigenvalue weighted by molar-refractivity contribution is 5.70. The molecule has 0 unspecified atom stereocenters. The number of guanidine groups is 4. The van der Waals surface area contributed by atoms with Gasteiger partial charge < -0.3 is 18.9 Å². The first kappa shape index (κ1) is 48.2. The van der Waals surface area contributed by atoms with Gasteiger partial charge in [-0.2, -0.15) is 0 Å². The second kappa shape index (κ2) is 23.6. The normalized spacial score (nSPS) is 11.8. The van der Waals surface area contributed by atoms with Crippen LogP contribution in [0.4, 0.5) is 0 Å². The zero-order valence-electron chi connectivity index (χ0n) is 38.2. The largest absolute Gasteiger partial charge is 0.493 e. The molecule has 16 nitrogen and oxygen atoms in total. The average Bonchev–Trinajstić information content (AvgIpc) is 3.24. The van der Waals surface area contributed by atoms with Gasteiger partial charge in [0, 0.05) is 25.7 Å². The van der Waals surface area contributed by atoms with Gasteiger partial charge in [0.25, 0.3) is 0 Å². The first-order chi connectivity index (χ1) is 30.8. The summed E-state index contributed by atoms with van der Waals surface area (Å²) in [6, 6.07) is 17.3. The van der Waals surface area contributed by atoms with Gasteiger partial charge in [0.1, 0.15) is 23.0 Å². The van der Waals surface area contributed by atoms with Crippen LogP contribution in [0.15, 0.2) is 48.5 Å². The van der Waals surface area contributed by atoms with E-state index in [1.54, 1.807) is 0 Å². The number of nitrogens with two attached hydrogens (primary N) is 8. The molecule has 0 saturated heterocycles. The predicted molar refractivity (Wildman–Crippen MR) is 252 cm³/mol. The van der Waals surface area contributed by atoms with Gasteiger partial charge in [0.15, 0.2) is 0 Å². The molecule has 20 N–H and O–H groups in total. The molecule has 64 heavy (non-hydrogen) atoms. The summed E-state index contributed by atoms with van der Waals surface area (Å²) < 4.78 is 27.2. The summed E-state index contributed by atoms with van der Waals surface area (Å²) in [7, 11) is 0. The maximum atomic E-state index is 6.79. The third kappa shape index (κ3) is 13.6. The molecule has 0 aliphatic heterocycles. The van der Waals surface area contributed by atoms with E-state index in [0.717, 1.165) is 115 Å². The maximum absolute atomic E-state index is 6.79. The van der Waals surface area contributed by atoms with Crippen LogP contribution in [0.2, 0.25) is 0 Å². The molecule has 0 heterocycles. The molecule has 5 rings (SSSR count). The average molecular weight is 881 g/mol. The lowest BCUT2D eigenvalue weighted by molar-refractivity contribution is -0.477. The Balaban J connectivity index is 1.97. The molecule has 8 bridgehead atoms. The van der Waals surface area contributed by atoms with Gasteiger partial charge >= 0.3 is 23.8 Å². The SMILES string of the molecule is CCCOc1c2cc(C[NH+]=C(N)N)cc1Cc1cc(C[NH+]=C(N)N)cc(c1OCCC)Cc1cc(C[NH+]=C(N)N)cc(c1OCCC)Cc1cc(C[NH+]=C(N)N)cc(c1OCCC)C2. The molecule has 0 amide bonds. The van der Waals surface area contributed by atoms with E-state index in [4.69, 9.17) is 64.8 Å². The summed E-state index contributed by atoms with van der Waals surface area (Å²) in [5.41, 5.74) is 59.4. The van der Waals surface area contributed by atoms with E-state index in [2.05, 4.69) is 96.2 Å². The quantitative estimate of drug-likeness (QED) is 0.0274. The van der Waals surface area contributed by atoms with Gasteiger partial charge in [-0.05, 0) is 141 Å². The van der Waals surface area contributed by atoms with Gasteiger partial charge in [-0.15, -0.1) is 0 Å². The molecule has 0 aromatic heterocycles. The molecule has 0 spiro atoms. The molecule has 16 heteroatoms. The third-order valence-corrected chi connectivity index (χ3v) is 10.5. The number of hydrogen-bond acceptors (Lipinski definition) is 4.